The summed E-state index contributed by atoms with van der Waals surface area (Å²) in [5.74, 6) is -0.871. The summed E-state index contributed by atoms with van der Waals surface area (Å²) in [6.45, 7) is 0. The molecule has 0 atom stereocenters. The first-order chi connectivity index (χ1) is 16.5. The number of thiophene rings is 1. The molecular weight excluding hydrogens is 477 g/mol. The molecule has 3 heterocycles. The van der Waals surface area contributed by atoms with Crippen LogP contribution in [0, 0.1) is 5.82 Å². The molecule has 0 spiro atoms. The standard InChI is InChI=1S/C23H16FN5O3S2/c1-32-22(31)14-4-8-16(9-5-14)26-18(30)11-34-23-28-27-20-19-17(13-2-6-15(24)7-3-13)10-33-21(19)25-12-29(20)23/h2-10,12H,11H2,1H3,(H,26,30). The Hall–Kier alpha value is -3.83. The molecule has 0 radical (unpaired) electrons. The second-order valence-electron chi connectivity index (χ2n) is 7.16. The summed E-state index contributed by atoms with van der Waals surface area (Å²) in [4.78, 5) is 29.3. The van der Waals surface area contributed by atoms with Crippen LogP contribution >= 0.6 is 23.1 Å². The van der Waals surface area contributed by atoms with Gasteiger partial charge in [0.25, 0.3) is 0 Å². The number of benzene rings is 2. The lowest BCUT2D eigenvalue weighted by Gasteiger charge is -2.06. The van der Waals surface area contributed by atoms with Crippen LogP contribution < -0.4 is 5.32 Å². The van der Waals surface area contributed by atoms with Gasteiger partial charge < -0.3 is 10.1 Å². The molecule has 8 nitrogen and oxygen atoms in total. The van der Waals surface area contributed by atoms with E-state index in [1.165, 1.54) is 42.3 Å². The van der Waals surface area contributed by atoms with Crippen molar-refractivity contribution in [1.29, 1.82) is 0 Å². The predicted molar refractivity (Wildman–Crippen MR) is 129 cm³/mol. The molecule has 34 heavy (non-hydrogen) atoms. The molecule has 0 saturated carbocycles. The second kappa shape index (κ2) is 9.20. The van der Waals surface area contributed by atoms with Gasteiger partial charge in [0.1, 0.15) is 17.0 Å². The van der Waals surface area contributed by atoms with Gasteiger partial charge in [0.05, 0.1) is 23.8 Å². The van der Waals surface area contributed by atoms with Crippen LogP contribution in [0.3, 0.4) is 0 Å². The minimum atomic E-state index is -0.442. The van der Waals surface area contributed by atoms with Crippen LogP contribution in [0.5, 0.6) is 0 Å². The van der Waals surface area contributed by atoms with Crippen LogP contribution in [0.15, 0.2) is 65.4 Å². The lowest BCUT2D eigenvalue weighted by molar-refractivity contribution is -0.113. The smallest absolute Gasteiger partial charge is 0.337 e. The molecule has 170 valence electrons. The van der Waals surface area contributed by atoms with Crippen molar-refractivity contribution in [1.82, 2.24) is 19.6 Å². The van der Waals surface area contributed by atoms with E-state index in [1.54, 1.807) is 47.1 Å². The molecule has 0 unspecified atom stereocenters. The summed E-state index contributed by atoms with van der Waals surface area (Å²) in [6.07, 6.45) is 1.63. The zero-order chi connectivity index (χ0) is 23.7. The number of aromatic nitrogens is 4. The molecule has 2 aromatic carbocycles. The number of ether oxygens (including phenoxy) is 1. The Kier molecular flexibility index (Phi) is 5.95. The van der Waals surface area contributed by atoms with Crippen molar-refractivity contribution >= 4 is 56.5 Å². The van der Waals surface area contributed by atoms with Crippen LogP contribution in [0.1, 0.15) is 10.4 Å². The monoisotopic (exact) mass is 493 g/mol. The van der Waals surface area contributed by atoms with Crippen molar-refractivity contribution in [3.05, 3.63) is 71.6 Å². The van der Waals surface area contributed by atoms with Gasteiger partial charge in [0.2, 0.25) is 5.91 Å². The number of hydrogen-bond donors (Lipinski definition) is 1. The van der Waals surface area contributed by atoms with Crippen LogP contribution in [0.4, 0.5) is 10.1 Å². The Labute approximate surface area is 200 Å². The summed E-state index contributed by atoms with van der Waals surface area (Å²) in [5.41, 5.74) is 3.34. The molecule has 0 aliphatic rings. The number of amides is 1. The SMILES string of the molecule is COC(=O)c1ccc(NC(=O)CSc2nnc3c4c(-c5ccc(F)cc5)csc4ncn23)cc1. The highest BCUT2D eigenvalue weighted by atomic mass is 32.2. The van der Waals surface area contributed by atoms with Gasteiger partial charge in [-0.2, -0.15) is 0 Å². The maximum Gasteiger partial charge on any atom is 0.337 e. The van der Waals surface area contributed by atoms with Gasteiger partial charge in [-0.1, -0.05) is 23.9 Å². The van der Waals surface area contributed by atoms with Gasteiger partial charge in [-0.3, -0.25) is 9.20 Å². The first kappa shape index (κ1) is 22.0. The van der Waals surface area contributed by atoms with Crippen LogP contribution in [0.2, 0.25) is 0 Å². The highest BCUT2D eigenvalue weighted by Gasteiger charge is 2.17. The van der Waals surface area contributed by atoms with Crippen molar-refractivity contribution in [2.75, 3.05) is 18.2 Å². The Balaban J connectivity index is 1.34. The molecule has 0 aliphatic carbocycles. The summed E-state index contributed by atoms with van der Waals surface area (Å²) < 4.78 is 19.8. The topological polar surface area (TPSA) is 98.5 Å². The van der Waals surface area contributed by atoms with E-state index >= 15 is 0 Å². The van der Waals surface area contributed by atoms with E-state index in [1.807, 2.05) is 5.38 Å². The summed E-state index contributed by atoms with van der Waals surface area (Å²) in [5, 5.41) is 14.7. The molecule has 5 aromatic rings. The number of hydrogen-bond acceptors (Lipinski definition) is 8. The molecule has 11 heteroatoms. The molecule has 1 N–H and O–H groups in total. The normalized spacial score (nSPS) is 11.1. The Morgan fingerprint density at radius 2 is 1.88 bits per heavy atom. The van der Waals surface area contributed by atoms with Crippen LogP contribution in [0.25, 0.3) is 27.0 Å². The quantitative estimate of drug-likeness (QED) is 0.271. The number of fused-ring (bicyclic) bond motifs is 3. The molecule has 1 amide bonds. The first-order valence-corrected chi connectivity index (χ1v) is 11.9. The van der Waals surface area contributed by atoms with Gasteiger partial charge in [0.15, 0.2) is 10.8 Å². The Morgan fingerprint density at radius 1 is 1.12 bits per heavy atom. The molecule has 5 rings (SSSR count). The Bertz CT molecular complexity index is 1510. The molecule has 0 saturated heterocycles. The van der Waals surface area contributed by atoms with E-state index < -0.39 is 5.97 Å². The lowest BCUT2D eigenvalue weighted by Crippen LogP contribution is -2.14. The zero-order valence-corrected chi connectivity index (χ0v) is 19.3. The second-order valence-corrected chi connectivity index (χ2v) is 8.96. The van der Waals surface area contributed by atoms with E-state index in [0.29, 0.717) is 22.1 Å². The van der Waals surface area contributed by atoms with E-state index in [0.717, 1.165) is 21.3 Å². The summed E-state index contributed by atoms with van der Waals surface area (Å²) >= 11 is 2.70. The van der Waals surface area contributed by atoms with Gasteiger partial charge in [0, 0.05) is 16.6 Å². The number of esters is 1. The third-order valence-corrected chi connectivity index (χ3v) is 6.86. The fourth-order valence-corrected chi connectivity index (χ4v) is 5.01. The summed E-state index contributed by atoms with van der Waals surface area (Å²) in [6, 6.07) is 12.7. The van der Waals surface area contributed by atoms with Crippen molar-refractivity contribution in [3.63, 3.8) is 0 Å². The lowest BCUT2D eigenvalue weighted by atomic mass is 10.1. The van der Waals surface area contributed by atoms with E-state index in [4.69, 9.17) is 0 Å². The third-order valence-electron chi connectivity index (χ3n) is 5.03. The van der Waals surface area contributed by atoms with Crippen LogP contribution in [-0.2, 0) is 9.53 Å². The number of carbonyl (C=O) groups is 2. The number of nitrogens with zero attached hydrogens (tertiary/aromatic N) is 4. The average molecular weight is 494 g/mol. The molecule has 0 fully saturated rings. The van der Waals surface area contributed by atoms with Gasteiger partial charge in [-0.05, 0) is 42.0 Å². The number of methoxy groups -OCH3 is 1. The fourth-order valence-electron chi connectivity index (χ4n) is 3.40. The number of anilines is 1. The highest BCUT2D eigenvalue weighted by Crippen LogP contribution is 2.35. The molecule has 3 aromatic heterocycles. The summed E-state index contributed by atoms with van der Waals surface area (Å²) in [7, 11) is 1.31. The van der Waals surface area contributed by atoms with Crippen molar-refractivity contribution in [2.45, 2.75) is 5.16 Å². The first-order valence-electron chi connectivity index (χ1n) is 10.0. The Morgan fingerprint density at radius 3 is 2.62 bits per heavy atom. The zero-order valence-electron chi connectivity index (χ0n) is 17.7. The third kappa shape index (κ3) is 4.22. The fraction of sp³-hybridized carbons (Fsp3) is 0.0870. The number of rotatable bonds is 6. The van der Waals surface area contributed by atoms with Gasteiger partial charge in [-0.25, -0.2) is 14.2 Å². The van der Waals surface area contributed by atoms with Gasteiger partial charge in [-0.15, -0.1) is 21.5 Å². The number of carbonyl (C=O) groups excluding carboxylic acids is 2. The predicted octanol–water partition coefficient (Wildman–Crippen LogP) is 4.66. The van der Waals surface area contributed by atoms with E-state index in [2.05, 4.69) is 25.2 Å². The number of halogens is 1. The van der Waals surface area contributed by atoms with Crippen molar-refractivity contribution < 1.29 is 18.7 Å². The molecule has 0 bridgehead atoms. The maximum atomic E-state index is 13.4. The average Bonchev–Trinajstić information content (AvgIpc) is 3.47. The van der Waals surface area contributed by atoms with Crippen LogP contribution in [-0.4, -0.2) is 44.3 Å². The van der Waals surface area contributed by atoms with Crippen molar-refractivity contribution in [2.24, 2.45) is 0 Å². The molecule has 0 aliphatic heterocycles. The van der Waals surface area contributed by atoms with E-state index in [-0.39, 0.29) is 17.5 Å². The minimum absolute atomic E-state index is 0.103. The number of nitrogens with one attached hydrogen (secondary N) is 1. The van der Waals surface area contributed by atoms with Gasteiger partial charge >= 0.3 is 5.97 Å². The van der Waals surface area contributed by atoms with E-state index in [9.17, 15) is 14.0 Å². The minimum Gasteiger partial charge on any atom is -0.465 e. The maximum absolute atomic E-state index is 13.4. The van der Waals surface area contributed by atoms with Crippen molar-refractivity contribution in [3.8, 4) is 11.1 Å². The molecular formula is C23H16FN5O3S2. The largest absolute Gasteiger partial charge is 0.465 e. The number of thioether (sulfide) groups is 1. The highest BCUT2D eigenvalue weighted by molar-refractivity contribution is 7.99.